The standard InChI is InChI=1S/C22H27NO5/c1-16-5-7-18(8-6-16)21(24)23(15-17(2)22(25)27-4)13-14-28-20-11-9-19(26-3)10-12-20/h5-12,17H,13-15H2,1-4H3. The van der Waals surface area contributed by atoms with Gasteiger partial charge in [-0.15, -0.1) is 0 Å². The van der Waals surface area contributed by atoms with Gasteiger partial charge in [-0.25, -0.2) is 0 Å². The lowest BCUT2D eigenvalue weighted by Gasteiger charge is -2.25. The Morgan fingerprint density at radius 1 is 0.964 bits per heavy atom. The van der Waals surface area contributed by atoms with E-state index in [1.807, 2.05) is 43.3 Å². The van der Waals surface area contributed by atoms with E-state index in [2.05, 4.69) is 0 Å². The fourth-order valence-corrected chi connectivity index (χ4v) is 2.71. The lowest BCUT2D eigenvalue weighted by Crippen LogP contribution is -2.39. The quantitative estimate of drug-likeness (QED) is 0.620. The first-order chi connectivity index (χ1) is 13.4. The summed E-state index contributed by atoms with van der Waals surface area (Å²) in [5.41, 5.74) is 1.65. The molecule has 0 heterocycles. The summed E-state index contributed by atoms with van der Waals surface area (Å²) in [6, 6.07) is 14.6. The van der Waals surface area contributed by atoms with Crippen LogP contribution in [0, 0.1) is 12.8 Å². The summed E-state index contributed by atoms with van der Waals surface area (Å²) in [6.07, 6.45) is 0. The van der Waals surface area contributed by atoms with Crippen LogP contribution in [0.5, 0.6) is 11.5 Å². The van der Waals surface area contributed by atoms with E-state index in [-0.39, 0.29) is 18.4 Å². The van der Waals surface area contributed by atoms with Crippen LogP contribution >= 0.6 is 0 Å². The molecule has 28 heavy (non-hydrogen) atoms. The molecule has 0 radical (unpaired) electrons. The first-order valence-corrected chi connectivity index (χ1v) is 9.15. The van der Waals surface area contributed by atoms with Crippen LogP contribution in [0.2, 0.25) is 0 Å². The van der Waals surface area contributed by atoms with E-state index in [0.29, 0.717) is 24.5 Å². The summed E-state index contributed by atoms with van der Waals surface area (Å²) >= 11 is 0. The number of hydrogen-bond acceptors (Lipinski definition) is 5. The van der Waals surface area contributed by atoms with E-state index >= 15 is 0 Å². The van der Waals surface area contributed by atoms with E-state index in [0.717, 1.165) is 11.3 Å². The molecule has 0 spiro atoms. The molecule has 0 saturated heterocycles. The van der Waals surface area contributed by atoms with Gasteiger partial charge in [-0.05, 0) is 43.3 Å². The van der Waals surface area contributed by atoms with Gasteiger partial charge in [0.2, 0.25) is 0 Å². The highest BCUT2D eigenvalue weighted by Crippen LogP contribution is 2.17. The number of nitrogens with zero attached hydrogens (tertiary/aromatic N) is 1. The van der Waals surface area contributed by atoms with Gasteiger partial charge in [-0.2, -0.15) is 0 Å². The van der Waals surface area contributed by atoms with Gasteiger partial charge in [0.05, 0.1) is 26.7 Å². The SMILES string of the molecule is COC(=O)C(C)CN(CCOc1ccc(OC)cc1)C(=O)c1ccc(C)cc1. The zero-order chi connectivity index (χ0) is 20.5. The first kappa shape index (κ1) is 21.3. The highest BCUT2D eigenvalue weighted by Gasteiger charge is 2.22. The molecule has 0 aliphatic heterocycles. The fraction of sp³-hybridized carbons (Fsp3) is 0.364. The molecule has 0 saturated carbocycles. The Hall–Kier alpha value is -3.02. The van der Waals surface area contributed by atoms with Crippen LogP contribution in [0.25, 0.3) is 0 Å². The highest BCUT2D eigenvalue weighted by molar-refractivity contribution is 5.94. The van der Waals surface area contributed by atoms with Gasteiger partial charge in [-0.3, -0.25) is 9.59 Å². The van der Waals surface area contributed by atoms with E-state index < -0.39 is 5.92 Å². The Morgan fingerprint density at radius 2 is 1.57 bits per heavy atom. The van der Waals surface area contributed by atoms with Crippen molar-refractivity contribution in [3.05, 3.63) is 59.7 Å². The second-order valence-corrected chi connectivity index (χ2v) is 6.57. The number of methoxy groups -OCH3 is 2. The van der Waals surface area contributed by atoms with E-state index in [4.69, 9.17) is 14.2 Å². The van der Waals surface area contributed by atoms with Crippen molar-refractivity contribution < 1.29 is 23.8 Å². The molecule has 0 N–H and O–H groups in total. The number of carbonyl (C=O) groups is 2. The topological polar surface area (TPSA) is 65.1 Å². The van der Waals surface area contributed by atoms with Crippen LogP contribution in [-0.2, 0) is 9.53 Å². The maximum atomic E-state index is 12.9. The number of aryl methyl sites for hydroxylation is 1. The number of hydrogen-bond donors (Lipinski definition) is 0. The van der Waals surface area contributed by atoms with Crippen LogP contribution in [-0.4, -0.2) is 50.7 Å². The Bertz CT molecular complexity index is 771. The van der Waals surface area contributed by atoms with Gasteiger partial charge in [0.15, 0.2) is 0 Å². The molecule has 2 aromatic carbocycles. The summed E-state index contributed by atoms with van der Waals surface area (Å²) in [4.78, 5) is 26.4. The lowest BCUT2D eigenvalue weighted by atomic mass is 10.1. The number of carbonyl (C=O) groups excluding carboxylic acids is 2. The molecule has 2 aromatic rings. The summed E-state index contributed by atoms with van der Waals surface area (Å²) in [7, 11) is 2.95. The van der Waals surface area contributed by atoms with Crippen molar-refractivity contribution in [1.29, 1.82) is 0 Å². The van der Waals surface area contributed by atoms with Crippen molar-refractivity contribution in [1.82, 2.24) is 4.90 Å². The van der Waals surface area contributed by atoms with Crippen LogP contribution in [0.1, 0.15) is 22.8 Å². The third-order valence-corrected chi connectivity index (χ3v) is 4.37. The molecular formula is C22H27NO5. The van der Waals surface area contributed by atoms with Gasteiger partial charge in [0, 0.05) is 12.1 Å². The Kier molecular flexibility index (Phi) is 7.87. The van der Waals surface area contributed by atoms with Crippen LogP contribution in [0.4, 0.5) is 0 Å². The maximum Gasteiger partial charge on any atom is 0.310 e. The third kappa shape index (κ3) is 6.01. The van der Waals surface area contributed by atoms with Gasteiger partial charge >= 0.3 is 5.97 Å². The average molecular weight is 385 g/mol. The summed E-state index contributed by atoms with van der Waals surface area (Å²) in [6.45, 7) is 4.61. The van der Waals surface area contributed by atoms with E-state index in [1.165, 1.54) is 7.11 Å². The normalized spacial score (nSPS) is 11.4. The highest BCUT2D eigenvalue weighted by atomic mass is 16.5. The summed E-state index contributed by atoms with van der Waals surface area (Å²) in [5, 5.41) is 0. The Morgan fingerprint density at radius 3 is 2.14 bits per heavy atom. The molecule has 0 aliphatic rings. The maximum absolute atomic E-state index is 12.9. The van der Waals surface area contributed by atoms with Gasteiger partial charge in [-0.1, -0.05) is 24.6 Å². The van der Waals surface area contributed by atoms with E-state index in [9.17, 15) is 9.59 Å². The minimum absolute atomic E-state index is 0.144. The van der Waals surface area contributed by atoms with Crippen molar-refractivity contribution in [3.63, 3.8) is 0 Å². The summed E-state index contributed by atoms with van der Waals surface area (Å²) in [5.74, 6) is 0.507. The predicted molar refractivity (Wildman–Crippen MR) is 107 cm³/mol. The Balaban J connectivity index is 2.04. The molecule has 150 valence electrons. The molecule has 6 heteroatoms. The first-order valence-electron chi connectivity index (χ1n) is 9.15. The van der Waals surface area contributed by atoms with Crippen LogP contribution in [0.3, 0.4) is 0 Å². The predicted octanol–water partition coefficient (Wildman–Crippen LogP) is 3.33. The number of ether oxygens (including phenoxy) is 3. The van der Waals surface area contributed by atoms with Crippen molar-refractivity contribution in [2.75, 3.05) is 33.9 Å². The molecule has 6 nitrogen and oxygen atoms in total. The van der Waals surface area contributed by atoms with Crippen molar-refractivity contribution in [2.45, 2.75) is 13.8 Å². The Labute approximate surface area is 166 Å². The second-order valence-electron chi connectivity index (χ2n) is 6.57. The van der Waals surface area contributed by atoms with Crippen LogP contribution in [0.15, 0.2) is 48.5 Å². The smallest absolute Gasteiger partial charge is 0.310 e. The number of esters is 1. The van der Waals surface area contributed by atoms with Gasteiger partial charge in [0.25, 0.3) is 5.91 Å². The molecule has 1 unspecified atom stereocenters. The summed E-state index contributed by atoms with van der Waals surface area (Å²) < 4.78 is 15.7. The second kappa shape index (κ2) is 10.3. The van der Waals surface area contributed by atoms with E-state index in [1.54, 1.807) is 31.1 Å². The van der Waals surface area contributed by atoms with Crippen LogP contribution < -0.4 is 9.47 Å². The average Bonchev–Trinajstić information content (AvgIpc) is 2.72. The number of benzene rings is 2. The fourth-order valence-electron chi connectivity index (χ4n) is 2.71. The van der Waals surface area contributed by atoms with Gasteiger partial charge in [0.1, 0.15) is 18.1 Å². The third-order valence-electron chi connectivity index (χ3n) is 4.37. The molecule has 0 aromatic heterocycles. The molecule has 1 atom stereocenters. The largest absolute Gasteiger partial charge is 0.497 e. The van der Waals surface area contributed by atoms with Crippen molar-refractivity contribution in [3.8, 4) is 11.5 Å². The monoisotopic (exact) mass is 385 g/mol. The molecular weight excluding hydrogens is 358 g/mol. The molecule has 0 bridgehead atoms. The number of rotatable bonds is 9. The molecule has 1 amide bonds. The van der Waals surface area contributed by atoms with Crippen molar-refractivity contribution >= 4 is 11.9 Å². The zero-order valence-electron chi connectivity index (χ0n) is 16.8. The molecule has 0 fully saturated rings. The minimum atomic E-state index is -0.430. The molecule has 0 aliphatic carbocycles. The zero-order valence-corrected chi connectivity index (χ0v) is 16.8. The molecule has 2 rings (SSSR count). The lowest BCUT2D eigenvalue weighted by molar-refractivity contribution is -0.145. The van der Waals surface area contributed by atoms with Gasteiger partial charge < -0.3 is 19.1 Å². The minimum Gasteiger partial charge on any atom is -0.497 e. The number of amides is 1. The van der Waals surface area contributed by atoms with Crippen molar-refractivity contribution in [2.24, 2.45) is 5.92 Å².